The van der Waals surface area contributed by atoms with Gasteiger partial charge in [0.25, 0.3) is 5.91 Å². The molecule has 0 radical (unpaired) electrons. The predicted octanol–water partition coefficient (Wildman–Crippen LogP) is 4.15. The average Bonchev–Trinajstić information content (AvgIpc) is 2.65. The molecule has 0 saturated carbocycles. The monoisotopic (exact) mass is 336 g/mol. The molecule has 0 saturated heterocycles. The highest BCUT2D eigenvalue weighted by atomic mass is 16.1. The van der Waals surface area contributed by atoms with Crippen LogP contribution in [0, 0.1) is 6.92 Å². The number of para-hydroxylation sites is 1. The van der Waals surface area contributed by atoms with E-state index in [2.05, 4.69) is 26.7 Å². The molecule has 25 heavy (non-hydrogen) atoms. The molecule has 1 amide bonds. The lowest BCUT2D eigenvalue weighted by Crippen LogP contribution is -2.26. The third-order valence-corrected chi connectivity index (χ3v) is 4.40. The Morgan fingerprint density at radius 2 is 2.08 bits per heavy atom. The summed E-state index contributed by atoms with van der Waals surface area (Å²) in [5, 5.41) is 6.11. The molecule has 2 N–H and O–H groups in total. The quantitative estimate of drug-likeness (QED) is 0.778. The molecule has 0 unspecified atom stereocenters. The van der Waals surface area contributed by atoms with Gasteiger partial charge in [-0.25, -0.2) is 9.97 Å². The molecule has 5 heteroatoms. The highest BCUT2D eigenvalue weighted by molar-refractivity contribution is 5.92. The zero-order chi connectivity index (χ0) is 17.5. The van der Waals surface area contributed by atoms with Crippen molar-refractivity contribution in [3.8, 4) is 0 Å². The highest BCUT2D eigenvalue weighted by Crippen LogP contribution is 2.19. The van der Waals surface area contributed by atoms with Gasteiger partial charge in [0.1, 0.15) is 5.69 Å². The van der Waals surface area contributed by atoms with Gasteiger partial charge in [-0.15, -0.1) is 0 Å². The minimum Gasteiger partial charge on any atom is -0.350 e. The van der Waals surface area contributed by atoms with Crippen LogP contribution in [0.3, 0.4) is 0 Å². The van der Waals surface area contributed by atoms with Gasteiger partial charge in [-0.1, -0.05) is 29.8 Å². The summed E-state index contributed by atoms with van der Waals surface area (Å²) in [5.41, 5.74) is 3.87. The Balaban J connectivity index is 1.57. The molecule has 0 fully saturated rings. The Morgan fingerprint density at radius 3 is 2.88 bits per heavy atom. The lowest BCUT2D eigenvalue weighted by molar-refractivity contribution is 0.0949. The fourth-order valence-electron chi connectivity index (χ4n) is 2.94. The fourth-order valence-corrected chi connectivity index (χ4v) is 2.94. The van der Waals surface area contributed by atoms with Crippen molar-refractivity contribution in [3.05, 3.63) is 59.4 Å². The Labute approximate surface area is 148 Å². The van der Waals surface area contributed by atoms with E-state index in [1.54, 1.807) is 12.3 Å². The first-order valence-electron chi connectivity index (χ1n) is 8.84. The maximum absolute atomic E-state index is 12.3. The van der Waals surface area contributed by atoms with Crippen molar-refractivity contribution >= 4 is 17.5 Å². The molecule has 2 aromatic rings. The van der Waals surface area contributed by atoms with Gasteiger partial charge in [0, 0.05) is 18.4 Å². The van der Waals surface area contributed by atoms with Crippen molar-refractivity contribution in [2.75, 3.05) is 11.9 Å². The molecule has 1 aromatic heterocycles. The molecule has 1 aliphatic rings. The Hall–Kier alpha value is -2.69. The molecule has 5 nitrogen and oxygen atoms in total. The predicted molar refractivity (Wildman–Crippen MR) is 100.0 cm³/mol. The van der Waals surface area contributed by atoms with Crippen molar-refractivity contribution < 1.29 is 4.79 Å². The standard InChI is InChI=1S/C20H24N4O/c1-15-7-5-6-10-17(15)23-20-22-14-12-18(24-20)19(25)21-13-11-16-8-3-2-4-9-16/h5-8,10,12,14H,2-4,9,11,13H2,1H3,(H,21,25)(H,22,23,24). The van der Waals surface area contributed by atoms with E-state index in [1.807, 2.05) is 31.2 Å². The smallest absolute Gasteiger partial charge is 0.270 e. The van der Waals surface area contributed by atoms with E-state index in [0.717, 1.165) is 24.1 Å². The van der Waals surface area contributed by atoms with Gasteiger partial charge < -0.3 is 10.6 Å². The summed E-state index contributed by atoms with van der Waals surface area (Å²) >= 11 is 0. The van der Waals surface area contributed by atoms with E-state index in [0.29, 0.717) is 18.2 Å². The molecule has 1 aromatic carbocycles. The van der Waals surface area contributed by atoms with E-state index in [4.69, 9.17) is 0 Å². The van der Waals surface area contributed by atoms with Crippen molar-refractivity contribution in [3.63, 3.8) is 0 Å². The van der Waals surface area contributed by atoms with Crippen LogP contribution < -0.4 is 10.6 Å². The van der Waals surface area contributed by atoms with Crippen molar-refractivity contribution in [1.82, 2.24) is 15.3 Å². The largest absolute Gasteiger partial charge is 0.350 e. The van der Waals surface area contributed by atoms with Gasteiger partial charge in [0.2, 0.25) is 5.95 Å². The first-order valence-corrected chi connectivity index (χ1v) is 8.84. The number of rotatable bonds is 6. The Bertz CT molecular complexity index is 770. The number of aryl methyl sites for hydroxylation is 1. The third kappa shape index (κ3) is 4.89. The average molecular weight is 336 g/mol. The molecule has 130 valence electrons. The molecular weight excluding hydrogens is 312 g/mol. The summed E-state index contributed by atoms with van der Waals surface area (Å²) in [4.78, 5) is 20.8. The van der Waals surface area contributed by atoms with Gasteiger partial charge in [0.05, 0.1) is 0 Å². The summed E-state index contributed by atoms with van der Waals surface area (Å²) < 4.78 is 0. The maximum Gasteiger partial charge on any atom is 0.270 e. The second-order valence-corrected chi connectivity index (χ2v) is 6.32. The second kappa shape index (κ2) is 8.42. The summed E-state index contributed by atoms with van der Waals surface area (Å²) in [6, 6.07) is 9.54. The van der Waals surface area contributed by atoms with Gasteiger partial charge in [-0.05, 0) is 56.7 Å². The number of nitrogens with zero attached hydrogens (tertiary/aromatic N) is 2. The number of carbonyl (C=O) groups excluding carboxylic acids is 1. The lowest BCUT2D eigenvalue weighted by atomic mass is 9.97. The van der Waals surface area contributed by atoms with E-state index in [1.165, 1.54) is 24.8 Å². The first kappa shape index (κ1) is 17.1. The number of nitrogens with one attached hydrogen (secondary N) is 2. The fraction of sp³-hybridized carbons (Fsp3) is 0.350. The number of carbonyl (C=O) groups is 1. The maximum atomic E-state index is 12.3. The Kier molecular flexibility index (Phi) is 5.77. The van der Waals surface area contributed by atoms with Crippen LogP contribution in [0.1, 0.15) is 48.2 Å². The normalized spacial score (nSPS) is 13.9. The zero-order valence-corrected chi connectivity index (χ0v) is 14.6. The summed E-state index contributed by atoms with van der Waals surface area (Å²) in [5.74, 6) is 0.267. The van der Waals surface area contributed by atoms with E-state index in [-0.39, 0.29) is 5.91 Å². The van der Waals surface area contributed by atoms with Crippen LogP contribution in [0.2, 0.25) is 0 Å². The number of allylic oxidation sites excluding steroid dienone is 1. The third-order valence-electron chi connectivity index (χ3n) is 4.40. The summed E-state index contributed by atoms with van der Waals surface area (Å²) in [7, 11) is 0. The molecule has 0 bridgehead atoms. The molecule has 0 spiro atoms. The van der Waals surface area contributed by atoms with E-state index in [9.17, 15) is 4.79 Å². The van der Waals surface area contributed by atoms with Crippen LogP contribution in [0.4, 0.5) is 11.6 Å². The minimum atomic E-state index is -0.161. The zero-order valence-electron chi connectivity index (χ0n) is 14.6. The number of hydrogen-bond acceptors (Lipinski definition) is 4. The second-order valence-electron chi connectivity index (χ2n) is 6.32. The highest BCUT2D eigenvalue weighted by Gasteiger charge is 2.10. The molecule has 0 aliphatic heterocycles. The summed E-state index contributed by atoms with van der Waals surface area (Å²) in [6.45, 7) is 2.66. The van der Waals surface area contributed by atoms with Crippen molar-refractivity contribution in [2.45, 2.75) is 39.0 Å². The number of hydrogen-bond donors (Lipinski definition) is 2. The summed E-state index contributed by atoms with van der Waals surface area (Å²) in [6.07, 6.45) is 9.71. The van der Waals surface area contributed by atoms with Crippen LogP contribution in [0.5, 0.6) is 0 Å². The van der Waals surface area contributed by atoms with Crippen LogP contribution in [0.15, 0.2) is 48.2 Å². The SMILES string of the molecule is Cc1ccccc1Nc1nccc(C(=O)NCCC2=CCCCC2)n1. The van der Waals surface area contributed by atoms with Crippen molar-refractivity contribution in [2.24, 2.45) is 0 Å². The number of benzene rings is 1. The van der Waals surface area contributed by atoms with Crippen LogP contribution in [-0.2, 0) is 0 Å². The number of aromatic nitrogens is 2. The number of anilines is 2. The Morgan fingerprint density at radius 1 is 1.20 bits per heavy atom. The molecule has 0 atom stereocenters. The van der Waals surface area contributed by atoms with Gasteiger partial charge in [-0.3, -0.25) is 4.79 Å². The van der Waals surface area contributed by atoms with E-state index < -0.39 is 0 Å². The topological polar surface area (TPSA) is 66.9 Å². The van der Waals surface area contributed by atoms with Crippen molar-refractivity contribution in [1.29, 1.82) is 0 Å². The van der Waals surface area contributed by atoms with Gasteiger partial charge in [0.15, 0.2) is 0 Å². The van der Waals surface area contributed by atoms with Crippen LogP contribution in [-0.4, -0.2) is 22.4 Å². The van der Waals surface area contributed by atoms with Crippen LogP contribution in [0.25, 0.3) is 0 Å². The number of amides is 1. The lowest BCUT2D eigenvalue weighted by Gasteiger charge is -2.13. The molecule has 1 heterocycles. The van der Waals surface area contributed by atoms with Crippen LogP contribution >= 0.6 is 0 Å². The molecule has 3 rings (SSSR count). The molecule has 1 aliphatic carbocycles. The van der Waals surface area contributed by atoms with E-state index >= 15 is 0 Å². The van der Waals surface area contributed by atoms with Gasteiger partial charge in [-0.2, -0.15) is 0 Å². The van der Waals surface area contributed by atoms with Gasteiger partial charge >= 0.3 is 0 Å². The first-order chi connectivity index (χ1) is 12.2. The molecular formula is C20H24N4O. The minimum absolute atomic E-state index is 0.161.